The van der Waals surface area contributed by atoms with E-state index in [1.165, 1.54) is 11.1 Å². The molecular formula is C15H22BrNO2. The van der Waals surface area contributed by atoms with Crippen molar-refractivity contribution in [1.29, 1.82) is 0 Å². The quantitative estimate of drug-likeness (QED) is 0.900. The number of nitrogens with zero attached hydrogens (tertiary/aromatic N) is 1. The molecule has 1 unspecified atom stereocenters. The minimum atomic E-state index is -0.286. The van der Waals surface area contributed by atoms with Crippen molar-refractivity contribution in [2.45, 2.75) is 25.9 Å². The van der Waals surface area contributed by atoms with E-state index in [1.54, 1.807) is 0 Å². The number of ether oxygens (including phenoxy) is 1. The van der Waals surface area contributed by atoms with Crippen molar-refractivity contribution in [3.63, 3.8) is 0 Å². The normalized spacial score (nSPS) is 18.5. The maximum Gasteiger partial charge on any atom is 0.0594 e. The van der Waals surface area contributed by atoms with Crippen LogP contribution in [0.1, 0.15) is 18.1 Å². The predicted molar refractivity (Wildman–Crippen MR) is 80.5 cm³/mol. The minimum absolute atomic E-state index is 0.286. The summed E-state index contributed by atoms with van der Waals surface area (Å²) in [6, 6.07) is 6.41. The molecule has 0 amide bonds. The van der Waals surface area contributed by atoms with Gasteiger partial charge in [-0.15, -0.1) is 0 Å². The molecule has 1 N–H and O–H groups in total. The molecule has 1 aromatic rings. The first-order valence-electron chi connectivity index (χ1n) is 6.90. The molecule has 3 nitrogen and oxygen atoms in total. The van der Waals surface area contributed by atoms with Crippen LogP contribution in [0.25, 0.3) is 0 Å². The van der Waals surface area contributed by atoms with Gasteiger partial charge in [-0.05, 0) is 37.0 Å². The van der Waals surface area contributed by atoms with Gasteiger partial charge < -0.3 is 9.84 Å². The van der Waals surface area contributed by atoms with E-state index in [0.717, 1.165) is 43.7 Å². The van der Waals surface area contributed by atoms with Crippen LogP contribution in [0.3, 0.4) is 0 Å². The van der Waals surface area contributed by atoms with Crippen molar-refractivity contribution in [3.05, 3.63) is 33.8 Å². The number of halogens is 1. The van der Waals surface area contributed by atoms with Gasteiger partial charge in [-0.1, -0.05) is 28.1 Å². The summed E-state index contributed by atoms with van der Waals surface area (Å²) in [7, 11) is 0. The number of benzene rings is 1. The van der Waals surface area contributed by atoms with Gasteiger partial charge in [0.1, 0.15) is 0 Å². The fraction of sp³-hybridized carbons (Fsp3) is 0.600. The van der Waals surface area contributed by atoms with Crippen LogP contribution < -0.4 is 0 Å². The fourth-order valence-corrected chi connectivity index (χ4v) is 2.99. The van der Waals surface area contributed by atoms with Crippen molar-refractivity contribution < 1.29 is 9.84 Å². The Morgan fingerprint density at radius 1 is 1.37 bits per heavy atom. The van der Waals surface area contributed by atoms with E-state index in [1.807, 2.05) is 6.92 Å². The third-order valence-corrected chi connectivity index (χ3v) is 4.19. The number of hydrogen-bond donors (Lipinski definition) is 1. The van der Waals surface area contributed by atoms with E-state index in [-0.39, 0.29) is 6.10 Å². The Bertz CT molecular complexity index is 403. The van der Waals surface area contributed by atoms with E-state index in [9.17, 15) is 5.11 Å². The molecule has 19 heavy (non-hydrogen) atoms. The summed E-state index contributed by atoms with van der Waals surface area (Å²) < 4.78 is 6.51. The summed E-state index contributed by atoms with van der Waals surface area (Å²) in [5, 5.41) is 9.41. The molecule has 1 saturated heterocycles. The third kappa shape index (κ3) is 4.88. The lowest BCUT2D eigenvalue weighted by Gasteiger charge is -2.26. The molecule has 1 atom stereocenters. The van der Waals surface area contributed by atoms with Gasteiger partial charge in [-0.25, -0.2) is 0 Å². The topological polar surface area (TPSA) is 32.7 Å². The SMILES string of the molecule is CC(O)Cc1ccc(CCN2CCOCC2)c(Br)c1. The molecule has 4 heteroatoms. The summed E-state index contributed by atoms with van der Waals surface area (Å²) in [5.74, 6) is 0. The Hall–Kier alpha value is -0.420. The number of rotatable bonds is 5. The second-order valence-corrected chi connectivity index (χ2v) is 6.04. The molecule has 0 radical (unpaired) electrons. The Kier molecular flexibility index (Phi) is 5.82. The van der Waals surface area contributed by atoms with Crippen LogP contribution in [0.15, 0.2) is 22.7 Å². The molecule has 2 rings (SSSR count). The van der Waals surface area contributed by atoms with E-state index in [4.69, 9.17) is 4.74 Å². The van der Waals surface area contributed by atoms with Gasteiger partial charge in [0.2, 0.25) is 0 Å². The minimum Gasteiger partial charge on any atom is -0.393 e. The molecule has 0 aromatic heterocycles. The van der Waals surface area contributed by atoms with Crippen molar-refractivity contribution >= 4 is 15.9 Å². The van der Waals surface area contributed by atoms with Crippen molar-refractivity contribution in [2.24, 2.45) is 0 Å². The van der Waals surface area contributed by atoms with Gasteiger partial charge in [0.15, 0.2) is 0 Å². The van der Waals surface area contributed by atoms with Gasteiger partial charge in [-0.2, -0.15) is 0 Å². The van der Waals surface area contributed by atoms with Gasteiger partial charge in [-0.3, -0.25) is 4.90 Å². The number of aliphatic hydroxyl groups excluding tert-OH is 1. The Balaban J connectivity index is 1.89. The smallest absolute Gasteiger partial charge is 0.0594 e. The van der Waals surface area contributed by atoms with Gasteiger partial charge in [0.05, 0.1) is 19.3 Å². The lowest BCUT2D eigenvalue weighted by molar-refractivity contribution is 0.0384. The largest absolute Gasteiger partial charge is 0.393 e. The van der Waals surface area contributed by atoms with Gasteiger partial charge >= 0.3 is 0 Å². The monoisotopic (exact) mass is 327 g/mol. The summed E-state index contributed by atoms with van der Waals surface area (Å²) in [6.45, 7) is 6.69. The van der Waals surface area contributed by atoms with Crippen LogP contribution in [0, 0.1) is 0 Å². The van der Waals surface area contributed by atoms with Crippen molar-refractivity contribution in [1.82, 2.24) is 4.90 Å². The zero-order valence-electron chi connectivity index (χ0n) is 11.4. The Labute approximate surface area is 123 Å². The van der Waals surface area contributed by atoms with Crippen LogP contribution >= 0.6 is 15.9 Å². The molecule has 1 aliphatic heterocycles. The Morgan fingerprint density at radius 3 is 2.74 bits per heavy atom. The predicted octanol–water partition coefficient (Wildman–Crippen LogP) is 2.25. The molecule has 0 aliphatic carbocycles. The highest BCUT2D eigenvalue weighted by atomic mass is 79.9. The first kappa shape index (κ1) is 15.0. The lowest BCUT2D eigenvalue weighted by atomic mass is 10.0. The van der Waals surface area contributed by atoms with Crippen LogP contribution in [-0.4, -0.2) is 49.0 Å². The van der Waals surface area contributed by atoms with Crippen LogP contribution in [-0.2, 0) is 17.6 Å². The van der Waals surface area contributed by atoms with E-state index < -0.39 is 0 Å². The molecule has 1 aromatic carbocycles. The molecule has 0 saturated carbocycles. The second-order valence-electron chi connectivity index (χ2n) is 5.18. The number of hydrogen-bond acceptors (Lipinski definition) is 3. The van der Waals surface area contributed by atoms with Gasteiger partial charge in [0, 0.05) is 24.1 Å². The van der Waals surface area contributed by atoms with Crippen molar-refractivity contribution in [3.8, 4) is 0 Å². The van der Waals surface area contributed by atoms with E-state index >= 15 is 0 Å². The van der Waals surface area contributed by atoms with Crippen LogP contribution in [0.4, 0.5) is 0 Å². The lowest BCUT2D eigenvalue weighted by Crippen LogP contribution is -2.37. The van der Waals surface area contributed by atoms with Crippen LogP contribution in [0.2, 0.25) is 0 Å². The summed E-state index contributed by atoms with van der Waals surface area (Å²) >= 11 is 3.64. The van der Waals surface area contributed by atoms with Crippen molar-refractivity contribution in [2.75, 3.05) is 32.8 Å². The van der Waals surface area contributed by atoms with E-state index in [2.05, 4.69) is 39.0 Å². The summed E-state index contributed by atoms with van der Waals surface area (Å²) in [6.07, 6.45) is 1.48. The maximum atomic E-state index is 9.41. The summed E-state index contributed by atoms with van der Waals surface area (Å²) in [5.41, 5.74) is 2.51. The molecule has 0 spiro atoms. The highest BCUT2D eigenvalue weighted by molar-refractivity contribution is 9.10. The second kappa shape index (κ2) is 7.39. The average Bonchev–Trinajstić information content (AvgIpc) is 2.38. The highest BCUT2D eigenvalue weighted by Crippen LogP contribution is 2.20. The third-order valence-electron chi connectivity index (χ3n) is 3.45. The first-order valence-corrected chi connectivity index (χ1v) is 7.70. The first-order chi connectivity index (χ1) is 9.15. The zero-order chi connectivity index (χ0) is 13.7. The molecule has 0 bridgehead atoms. The highest BCUT2D eigenvalue weighted by Gasteiger charge is 2.11. The molecule has 106 valence electrons. The molecular weight excluding hydrogens is 306 g/mol. The zero-order valence-corrected chi connectivity index (χ0v) is 13.0. The van der Waals surface area contributed by atoms with Gasteiger partial charge in [0.25, 0.3) is 0 Å². The summed E-state index contributed by atoms with van der Waals surface area (Å²) in [4.78, 5) is 2.44. The number of morpholine rings is 1. The molecule has 1 heterocycles. The molecule has 1 fully saturated rings. The van der Waals surface area contributed by atoms with Crippen LogP contribution in [0.5, 0.6) is 0 Å². The standard InChI is InChI=1S/C15H22BrNO2/c1-12(18)10-13-2-3-14(15(16)11-13)4-5-17-6-8-19-9-7-17/h2-3,11-12,18H,4-10H2,1H3. The molecule has 1 aliphatic rings. The fourth-order valence-electron chi connectivity index (χ4n) is 2.36. The number of aliphatic hydroxyl groups is 1. The van der Waals surface area contributed by atoms with E-state index in [0.29, 0.717) is 6.42 Å². The average molecular weight is 328 g/mol. The Morgan fingerprint density at radius 2 is 2.11 bits per heavy atom. The maximum absolute atomic E-state index is 9.41.